The largest absolute Gasteiger partial charge is 0.294 e. The first-order valence-electron chi connectivity index (χ1n) is 4.44. The number of hydrazine groups is 1. The summed E-state index contributed by atoms with van der Waals surface area (Å²) < 4.78 is 0. The molecule has 13 heavy (non-hydrogen) atoms. The summed E-state index contributed by atoms with van der Waals surface area (Å²) in [5.41, 5.74) is 8.15. The van der Waals surface area contributed by atoms with Crippen molar-refractivity contribution >= 4 is 6.41 Å². The minimum atomic E-state index is 0.279. The predicted molar refractivity (Wildman–Crippen MR) is 49.8 cm³/mol. The molecule has 1 aromatic rings. The summed E-state index contributed by atoms with van der Waals surface area (Å²) in [6, 6.07) is 8.60. The second-order valence-electron chi connectivity index (χ2n) is 3.20. The maximum absolute atomic E-state index is 10.1. The number of rotatable bonds is 3. The van der Waals surface area contributed by atoms with Crippen LogP contribution in [0.4, 0.5) is 0 Å². The third-order valence-electron chi connectivity index (χ3n) is 2.45. The molecule has 3 heteroatoms. The Morgan fingerprint density at radius 2 is 2.23 bits per heavy atom. The fourth-order valence-electron chi connectivity index (χ4n) is 1.84. The Morgan fingerprint density at radius 1 is 1.38 bits per heavy atom. The van der Waals surface area contributed by atoms with Crippen molar-refractivity contribution in [2.24, 2.45) is 0 Å². The molecule has 1 aliphatic carbocycles. The zero-order valence-corrected chi connectivity index (χ0v) is 7.29. The van der Waals surface area contributed by atoms with Gasteiger partial charge >= 0.3 is 0 Å². The van der Waals surface area contributed by atoms with Crippen LogP contribution in [0, 0.1) is 0 Å². The molecule has 1 aliphatic rings. The molecule has 2 N–H and O–H groups in total. The van der Waals surface area contributed by atoms with Crippen LogP contribution in [-0.4, -0.2) is 6.41 Å². The van der Waals surface area contributed by atoms with Crippen molar-refractivity contribution in [2.45, 2.75) is 18.9 Å². The van der Waals surface area contributed by atoms with E-state index in [1.54, 1.807) is 0 Å². The zero-order chi connectivity index (χ0) is 9.10. The van der Waals surface area contributed by atoms with Crippen LogP contribution in [0.25, 0.3) is 0 Å². The molecule has 1 atom stereocenters. The highest BCUT2D eigenvalue weighted by atomic mass is 16.1. The van der Waals surface area contributed by atoms with E-state index in [0.717, 1.165) is 12.8 Å². The first-order valence-corrected chi connectivity index (χ1v) is 4.44. The van der Waals surface area contributed by atoms with Crippen molar-refractivity contribution in [3.05, 3.63) is 35.4 Å². The smallest absolute Gasteiger partial charge is 0.221 e. The molecular formula is C10H12N2O. The van der Waals surface area contributed by atoms with Gasteiger partial charge in [-0.25, -0.2) is 5.43 Å². The summed E-state index contributed by atoms with van der Waals surface area (Å²) in [4.78, 5) is 10.1. The Hall–Kier alpha value is -1.35. The quantitative estimate of drug-likeness (QED) is 0.531. The molecular weight excluding hydrogens is 164 g/mol. The molecule has 0 bridgehead atoms. The highest BCUT2D eigenvalue weighted by Gasteiger charge is 2.20. The van der Waals surface area contributed by atoms with Crippen molar-refractivity contribution < 1.29 is 4.79 Å². The van der Waals surface area contributed by atoms with Gasteiger partial charge in [-0.3, -0.25) is 10.2 Å². The van der Waals surface area contributed by atoms with Crippen molar-refractivity contribution in [3.63, 3.8) is 0 Å². The van der Waals surface area contributed by atoms with E-state index in [0.29, 0.717) is 6.41 Å². The topological polar surface area (TPSA) is 41.1 Å². The van der Waals surface area contributed by atoms with Crippen LogP contribution in [-0.2, 0) is 11.2 Å². The molecule has 1 unspecified atom stereocenters. The first kappa shape index (κ1) is 8.26. The SMILES string of the molecule is O=CNNC1CCc2ccccc21. The lowest BCUT2D eigenvalue weighted by Crippen LogP contribution is -2.33. The zero-order valence-electron chi connectivity index (χ0n) is 7.29. The summed E-state index contributed by atoms with van der Waals surface area (Å²) in [5, 5.41) is 0. The second kappa shape index (κ2) is 3.58. The summed E-state index contributed by atoms with van der Waals surface area (Å²) >= 11 is 0. The molecule has 0 fully saturated rings. The van der Waals surface area contributed by atoms with Crippen LogP contribution in [0.1, 0.15) is 23.6 Å². The summed E-state index contributed by atoms with van der Waals surface area (Å²) in [6.45, 7) is 0. The standard InChI is InChI=1S/C10H12N2O/c13-7-11-12-10-6-5-8-3-1-2-4-9(8)10/h1-4,7,10,12H,5-6H2,(H,11,13). The summed E-state index contributed by atoms with van der Waals surface area (Å²) in [5.74, 6) is 0. The summed E-state index contributed by atoms with van der Waals surface area (Å²) in [7, 11) is 0. The third kappa shape index (κ3) is 1.55. The van der Waals surface area contributed by atoms with E-state index in [9.17, 15) is 4.79 Å². The number of amides is 1. The molecule has 2 rings (SSSR count). The number of carbonyl (C=O) groups is 1. The predicted octanol–water partition coefficient (Wildman–Crippen LogP) is 0.924. The molecule has 0 heterocycles. The van der Waals surface area contributed by atoms with Gasteiger partial charge in [0.05, 0.1) is 6.04 Å². The van der Waals surface area contributed by atoms with E-state index >= 15 is 0 Å². The van der Waals surface area contributed by atoms with E-state index < -0.39 is 0 Å². The van der Waals surface area contributed by atoms with Crippen molar-refractivity contribution in [1.29, 1.82) is 0 Å². The number of hydrogen-bond acceptors (Lipinski definition) is 2. The van der Waals surface area contributed by atoms with E-state index in [1.807, 2.05) is 12.1 Å². The van der Waals surface area contributed by atoms with Gasteiger partial charge in [-0.2, -0.15) is 0 Å². The minimum absolute atomic E-state index is 0.279. The molecule has 0 saturated heterocycles. The number of nitrogens with one attached hydrogen (secondary N) is 2. The molecule has 0 aromatic heterocycles. The Labute approximate surface area is 77.1 Å². The van der Waals surface area contributed by atoms with E-state index in [1.165, 1.54) is 11.1 Å². The fourth-order valence-corrected chi connectivity index (χ4v) is 1.84. The summed E-state index contributed by atoms with van der Waals surface area (Å²) in [6.07, 6.45) is 2.81. The van der Waals surface area contributed by atoms with Gasteiger partial charge in [-0.1, -0.05) is 24.3 Å². The number of carbonyl (C=O) groups excluding carboxylic acids is 1. The van der Waals surface area contributed by atoms with Crippen LogP contribution in [0.2, 0.25) is 0 Å². The lowest BCUT2D eigenvalue weighted by molar-refractivity contribution is -0.110. The average molecular weight is 176 g/mol. The molecule has 0 aliphatic heterocycles. The Balaban J connectivity index is 2.13. The molecule has 1 aromatic carbocycles. The monoisotopic (exact) mass is 176 g/mol. The fraction of sp³-hybridized carbons (Fsp3) is 0.300. The van der Waals surface area contributed by atoms with Gasteiger partial charge in [-0.15, -0.1) is 0 Å². The molecule has 68 valence electrons. The maximum Gasteiger partial charge on any atom is 0.221 e. The molecule has 1 amide bonds. The van der Waals surface area contributed by atoms with Crippen LogP contribution >= 0.6 is 0 Å². The molecule has 3 nitrogen and oxygen atoms in total. The van der Waals surface area contributed by atoms with E-state index in [-0.39, 0.29) is 6.04 Å². The molecule has 0 radical (unpaired) electrons. The normalized spacial score (nSPS) is 19.5. The van der Waals surface area contributed by atoms with Crippen molar-refractivity contribution in [3.8, 4) is 0 Å². The third-order valence-corrected chi connectivity index (χ3v) is 2.45. The van der Waals surface area contributed by atoms with Crippen LogP contribution < -0.4 is 10.9 Å². The Kier molecular flexibility index (Phi) is 2.27. The van der Waals surface area contributed by atoms with Crippen molar-refractivity contribution in [2.75, 3.05) is 0 Å². The van der Waals surface area contributed by atoms with Crippen LogP contribution in [0.3, 0.4) is 0 Å². The first-order chi connectivity index (χ1) is 6.42. The Morgan fingerprint density at radius 3 is 3.08 bits per heavy atom. The molecule has 0 spiro atoms. The van der Waals surface area contributed by atoms with Gasteiger partial charge in [-0.05, 0) is 24.0 Å². The molecule has 0 saturated carbocycles. The van der Waals surface area contributed by atoms with E-state index in [2.05, 4.69) is 23.0 Å². The van der Waals surface area contributed by atoms with Gasteiger partial charge in [0.15, 0.2) is 0 Å². The second-order valence-corrected chi connectivity index (χ2v) is 3.20. The number of fused-ring (bicyclic) bond motifs is 1. The van der Waals surface area contributed by atoms with Gasteiger partial charge < -0.3 is 0 Å². The van der Waals surface area contributed by atoms with Gasteiger partial charge in [0.2, 0.25) is 6.41 Å². The van der Waals surface area contributed by atoms with Gasteiger partial charge in [0.1, 0.15) is 0 Å². The van der Waals surface area contributed by atoms with Crippen LogP contribution in [0.5, 0.6) is 0 Å². The number of benzene rings is 1. The number of aryl methyl sites for hydroxylation is 1. The van der Waals surface area contributed by atoms with Crippen molar-refractivity contribution in [1.82, 2.24) is 10.9 Å². The maximum atomic E-state index is 10.1. The van der Waals surface area contributed by atoms with Crippen LogP contribution in [0.15, 0.2) is 24.3 Å². The highest BCUT2D eigenvalue weighted by Crippen LogP contribution is 2.29. The average Bonchev–Trinajstić information content (AvgIpc) is 2.58. The number of hydrogen-bond donors (Lipinski definition) is 2. The Bertz CT molecular complexity index is 312. The van der Waals surface area contributed by atoms with E-state index in [4.69, 9.17) is 0 Å². The minimum Gasteiger partial charge on any atom is -0.294 e. The van der Waals surface area contributed by atoms with Gasteiger partial charge in [0, 0.05) is 0 Å². The lowest BCUT2D eigenvalue weighted by Gasteiger charge is -2.11. The lowest BCUT2D eigenvalue weighted by atomic mass is 10.1. The van der Waals surface area contributed by atoms with Gasteiger partial charge in [0.25, 0.3) is 0 Å². The highest BCUT2D eigenvalue weighted by molar-refractivity contribution is 5.45.